The highest BCUT2D eigenvalue weighted by Crippen LogP contribution is 2.23. The van der Waals surface area contributed by atoms with E-state index in [-0.39, 0.29) is 18.6 Å². The molecule has 6 nitrogen and oxygen atoms in total. The molecule has 31 heavy (non-hydrogen) atoms. The van der Waals surface area contributed by atoms with Gasteiger partial charge in [-0.3, -0.25) is 4.79 Å². The zero-order valence-electron chi connectivity index (χ0n) is 17.4. The molecule has 3 rings (SSSR count). The highest BCUT2D eigenvalue weighted by Gasteiger charge is 2.14. The van der Waals surface area contributed by atoms with Crippen molar-refractivity contribution in [3.05, 3.63) is 102 Å². The first-order valence-electron chi connectivity index (χ1n) is 10.1. The third kappa shape index (κ3) is 6.97. The Morgan fingerprint density at radius 2 is 1.61 bits per heavy atom. The maximum absolute atomic E-state index is 12.4. The summed E-state index contributed by atoms with van der Waals surface area (Å²) in [5, 5.41) is 5.35. The van der Waals surface area contributed by atoms with E-state index < -0.39 is 6.09 Å². The molecule has 3 aromatic rings. The summed E-state index contributed by atoms with van der Waals surface area (Å²) in [5.74, 6) is -0.160. The Morgan fingerprint density at radius 1 is 0.903 bits per heavy atom. The smallest absolute Gasteiger partial charge is 0.406 e. The summed E-state index contributed by atoms with van der Waals surface area (Å²) in [6, 6.07) is 26.5. The molecule has 1 atom stereocenters. The van der Waals surface area contributed by atoms with E-state index in [0.717, 1.165) is 11.1 Å². The number of anilines is 1. The second kappa shape index (κ2) is 11.5. The highest BCUT2D eigenvalue weighted by atomic mass is 16.5. The van der Waals surface area contributed by atoms with Crippen molar-refractivity contribution in [2.45, 2.75) is 19.1 Å². The molecule has 3 aromatic carbocycles. The second-order valence-electron chi connectivity index (χ2n) is 6.91. The topological polar surface area (TPSA) is 76.7 Å². The summed E-state index contributed by atoms with van der Waals surface area (Å²) in [4.78, 5) is 23.7. The summed E-state index contributed by atoms with van der Waals surface area (Å²) in [5.41, 5.74) is 3.24. The molecular formula is C25H26N2O4. The number of alkyl carbamates (subject to hydrolysis) is 1. The summed E-state index contributed by atoms with van der Waals surface area (Å²) in [6.45, 7) is 0.598. The molecule has 0 aliphatic rings. The van der Waals surface area contributed by atoms with Crippen LogP contribution in [0.2, 0.25) is 0 Å². The van der Waals surface area contributed by atoms with E-state index in [9.17, 15) is 9.59 Å². The molecule has 0 bridgehead atoms. The highest BCUT2D eigenvalue weighted by molar-refractivity contribution is 6.04. The van der Waals surface area contributed by atoms with Crippen LogP contribution < -0.4 is 10.6 Å². The van der Waals surface area contributed by atoms with Gasteiger partial charge in [-0.25, -0.2) is 4.79 Å². The Labute approximate surface area is 182 Å². The normalized spacial score (nSPS) is 11.4. The first kappa shape index (κ1) is 22.1. The molecule has 0 aliphatic carbocycles. The minimum absolute atomic E-state index is 0.160. The number of carbonyl (C=O) groups excluding carboxylic acids is 2. The fourth-order valence-electron chi connectivity index (χ4n) is 3.07. The van der Waals surface area contributed by atoms with E-state index in [0.29, 0.717) is 24.3 Å². The van der Waals surface area contributed by atoms with Gasteiger partial charge in [-0.1, -0.05) is 60.7 Å². The predicted molar refractivity (Wildman–Crippen MR) is 120 cm³/mol. The molecule has 0 aliphatic heterocycles. The third-order valence-corrected chi connectivity index (χ3v) is 4.66. The van der Waals surface area contributed by atoms with Crippen LogP contribution in [0.3, 0.4) is 0 Å². The molecule has 2 N–H and O–H groups in total. The number of rotatable bonds is 9. The van der Waals surface area contributed by atoms with E-state index in [1.165, 1.54) is 7.05 Å². The zero-order valence-corrected chi connectivity index (χ0v) is 17.4. The minimum atomic E-state index is -0.464. The number of hydrogen-bond donors (Lipinski definition) is 2. The molecule has 0 spiro atoms. The zero-order chi connectivity index (χ0) is 21.9. The van der Waals surface area contributed by atoms with Crippen molar-refractivity contribution in [3.8, 4) is 0 Å². The molecule has 0 aromatic heterocycles. The number of ether oxygens (including phenoxy) is 2. The van der Waals surface area contributed by atoms with Crippen LogP contribution in [0.25, 0.3) is 0 Å². The van der Waals surface area contributed by atoms with Gasteiger partial charge in [0.1, 0.15) is 0 Å². The van der Waals surface area contributed by atoms with Gasteiger partial charge in [0.05, 0.1) is 19.3 Å². The van der Waals surface area contributed by atoms with Crippen LogP contribution in [-0.2, 0) is 16.1 Å². The standard InChI is InChI=1S/C25H26N2O4/c1-26-25(29)30-16-15-23(20-10-4-2-5-11-20)31-18-19-9-8-14-22(17-19)27-24(28)21-12-6-3-7-13-21/h2-14,17,23H,15-16,18H2,1H3,(H,26,29)(H,27,28). The maximum Gasteiger partial charge on any atom is 0.406 e. The Kier molecular flexibility index (Phi) is 8.20. The second-order valence-corrected chi connectivity index (χ2v) is 6.91. The van der Waals surface area contributed by atoms with Gasteiger partial charge in [-0.15, -0.1) is 0 Å². The van der Waals surface area contributed by atoms with Gasteiger partial charge < -0.3 is 20.1 Å². The molecule has 0 saturated heterocycles. The first-order chi connectivity index (χ1) is 15.2. The SMILES string of the molecule is CNC(=O)OCCC(OCc1cccc(NC(=O)c2ccccc2)c1)c1ccccc1. The van der Waals surface area contributed by atoms with Gasteiger partial charge >= 0.3 is 6.09 Å². The van der Waals surface area contributed by atoms with Crippen molar-refractivity contribution in [1.82, 2.24) is 5.32 Å². The van der Waals surface area contributed by atoms with Gasteiger partial charge in [-0.05, 0) is 35.4 Å². The molecule has 0 heterocycles. The van der Waals surface area contributed by atoms with Crippen molar-refractivity contribution < 1.29 is 19.1 Å². The summed E-state index contributed by atoms with van der Waals surface area (Å²) in [7, 11) is 1.52. The molecule has 0 fully saturated rings. The van der Waals surface area contributed by atoms with Gasteiger partial charge in [-0.2, -0.15) is 0 Å². The summed E-state index contributed by atoms with van der Waals surface area (Å²) in [6.07, 6.45) is -0.163. The molecule has 160 valence electrons. The fraction of sp³-hybridized carbons (Fsp3) is 0.200. The molecule has 2 amide bonds. The van der Waals surface area contributed by atoms with Gasteiger partial charge in [0.25, 0.3) is 5.91 Å². The third-order valence-electron chi connectivity index (χ3n) is 4.66. The monoisotopic (exact) mass is 418 g/mol. The molecule has 0 radical (unpaired) electrons. The van der Waals surface area contributed by atoms with Crippen molar-refractivity contribution in [2.24, 2.45) is 0 Å². The molecule has 1 unspecified atom stereocenters. The Bertz CT molecular complexity index is 977. The summed E-state index contributed by atoms with van der Waals surface area (Å²) >= 11 is 0. The van der Waals surface area contributed by atoms with E-state index in [4.69, 9.17) is 9.47 Å². The largest absolute Gasteiger partial charge is 0.449 e. The van der Waals surface area contributed by atoms with Crippen LogP contribution >= 0.6 is 0 Å². The number of carbonyl (C=O) groups is 2. The van der Waals surface area contributed by atoms with E-state index >= 15 is 0 Å². The van der Waals surface area contributed by atoms with Crippen LogP contribution in [0, 0.1) is 0 Å². The number of benzene rings is 3. The lowest BCUT2D eigenvalue weighted by Gasteiger charge is -2.19. The first-order valence-corrected chi connectivity index (χ1v) is 10.1. The van der Waals surface area contributed by atoms with Crippen LogP contribution in [-0.4, -0.2) is 25.7 Å². The van der Waals surface area contributed by atoms with Gasteiger partial charge in [0, 0.05) is 24.7 Å². The molecular weight excluding hydrogens is 392 g/mol. The van der Waals surface area contributed by atoms with Crippen molar-refractivity contribution in [1.29, 1.82) is 0 Å². The quantitative estimate of drug-likeness (QED) is 0.516. The lowest BCUT2D eigenvalue weighted by Crippen LogP contribution is -2.20. The number of amides is 2. The van der Waals surface area contributed by atoms with Crippen molar-refractivity contribution in [3.63, 3.8) is 0 Å². The Balaban J connectivity index is 1.62. The van der Waals surface area contributed by atoms with Crippen LogP contribution in [0.15, 0.2) is 84.9 Å². The lowest BCUT2D eigenvalue weighted by atomic mass is 10.1. The maximum atomic E-state index is 12.4. The van der Waals surface area contributed by atoms with Gasteiger partial charge in [0.15, 0.2) is 0 Å². The van der Waals surface area contributed by atoms with Crippen LogP contribution in [0.1, 0.15) is 34.0 Å². The van der Waals surface area contributed by atoms with Gasteiger partial charge in [0.2, 0.25) is 0 Å². The average Bonchev–Trinajstić information content (AvgIpc) is 2.82. The van der Waals surface area contributed by atoms with Crippen LogP contribution in [0.4, 0.5) is 10.5 Å². The average molecular weight is 418 g/mol. The van der Waals surface area contributed by atoms with E-state index in [1.54, 1.807) is 12.1 Å². The number of nitrogens with one attached hydrogen (secondary N) is 2. The van der Waals surface area contributed by atoms with E-state index in [1.807, 2.05) is 72.8 Å². The lowest BCUT2D eigenvalue weighted by molar-refractivity contribution is 0.0199. The van der Waals surface area contributed by atoms with Crippen molar-refractivity contribution >= 4 is 17.7 Å². The fourth-order valence-corrected chi connectivity index (χ4v) is 3.07. The van der Waals surface area contributed by atoms with Crippen molar-refractivity contribution in [2.75, 3.05) is 19.0 Å². The van der Waals surface area contributed by atoms with Crippen LogP contribution in [0.5, 0.6) is 0 Å². The minimum Gasteiger partial charge on any atom is -0.449 e. The van der Waals surface area contributed by atoms with E-state index in [2.05, 4.69) is 10.6 Å². The Hall–Kier alpha value is -3.64. The Morgan fingerprint density at radius 3 is 2.32 bits per heavy atom. The molecule has 0 saturated carbocycles. The predicted octanol–water partition coefficient (Wildman–Crippen LogP) is 4.94. The molecule has 6 heteroatoms. The summed E-state index contributed by atoms with van der Waals surface area (Å²) < 4.78 is 11.3. The number of hydrogen-bond acceptors (Lipinski definition) is 4.